The molecule has 31 heavy (non-hydrogen) atoms. The summed E-state index contributed by atoms with van der Waals surface area (Å²) in [6.07, 6.45) is 4.97. The lowest BCUT2D eigenvalue weighted by atomic mass is 9.77. The monoisotopic (exact) mass is 438 g/mol. The van der Waals surface area contributed by atoms with Crippen molar-refractivity contribution in [2.24, 2.45) is 0 Å². The van der Waals surface area contributed by atoms with Gasteiger partial charge in [0.2, 0.25) is 0 Å². The quantitative estimate of drug-likeness (QED) is 0.191. The lowest BCUT2D eigenvalue weighted by molar-refractivity contribution is -0.131. The van der Waals surface area contributed by atoms with Crippen molar-refractivity contribution >= 4 is 22.8 Å². The molecule has 0 heterocycles. The van der Waals surface area contributed by atoms with Crippen molar-refractivity contribution in [1.82, 2.24) is 0 Å². The van der Waals surface area contributed by atoms with Crippen LogP contribution in [0.5, 0.6) is 5.75 Å². The highest BCUT2D eigenvalue weighted by Gasteiger charge is 2.25. The van der Waals surface area contributed by atoms with Gasteiger partial charge in [-0.05, 0) is 47.2 Å². The highest BCUT2D eigenvalue weighted by Crippen LogP contribution is 2.37. The van der Waals surface area contributed by atoms with Gasteiger partial charge in [0.15, 0.2) is 5.12 Å². The molecule has 0 spiro atoms. The van der Waals surface area contributed by atoms with Crippen LogP contribution < -0.4 is 4.74 Å². The first-order valence-corrected chi connectivity index (χ1v) is 11.4. The minimum absolute atomic E-state index is 0.0671. The van der Waals surface area contributed by atoms with E-state index in [9.17, 15) is 9.59 Å². The normalized spacial score (nSPS) is 10.5. The number of thioether (sulfide) groups is 1. The summed E-state index contributed by atoms with van der Waals surface area (Å²) in [4.78, 5) is 23.9. The number of benzene rings is 2. The first kappa shape index (κ1) is 26.4. The Hall–Kier alpha value is -2.59. The van der Waals surface area contributed by atoms with Crippen molar-refractivity contribution in [1.29, 1.82) is 0 Å². The number of ether oxygens (including phenoxy) is 1. The van der Waals surface area contributed by atoms with Gasteiger partial charge in [0.25, 0.3) is 0 Å². The summed E-state index contributed by atoms with van der Waals surface area (Å²) in [6.45, 7) is 19.0. The fourth-order valence-corrected chi connectivity index (χ4v) is 3.96. The van der Waals surface area contributed by atoms with E-state index in [2.05, 4.69) is 45.2 Å². The topological polar surface area (TPSA) is 43.4 Å². The maximum Gasteiger partial charge on any atom is 0.308 e. The van der Waals surface area contributed by atoms with Crippen LogP contribution in [0.1, 0.15) is 63.8 Å². The first-order chi connectivity index (χ1) is 14.7. The van der Waals surface area contributed by atoms with Gasteiger partial charge in [-0.15, -0.1) is 13.2 Å². The highest BCUT2D eigenvalue weighted by molar-refractivity contribution is 8.13. The number of rotatable bonds is 8. The molecule has 0 saturated carbocycles. The molecule has 0 bridgehead atoms. The van der Waals surface area contributed by atoms with Gasteiger partial charge in [-0.3, -0.25) is 9.59 Å². The third-order valence-electron chi connectivity index (χ3n) is 4.80. The summed E-state index contributed by atoms with van der Waals surface area (Å²) in [5.74, 6) is 0.229. The Kier molecular flexibility index (Phi) is 10.5. The lowest BCUT2D eigenvalue weighted by Gasteiger charge is -2.28. The first-order valence-electron chi connectivity index (χ1n) is 10.5. The molecule has 4 heteroatoms. The van der Waals surface area contributed by atoms with Crippen LogP contribution in [-0.4, -0.2) is 11.1 Å². The van der Waals surface area contributed by atoms with Crippen molar-refractivity contribution in [3.05, 3.63) is 84.0 Å². The van der Waals surface area contributed by atoms with E-state index in [1.807, 2.05) is 38.1 Å². The second-order valence-electron chi connectivity index (χ2n) is 7.44. The van der Waals surface area contributed by atoms with Crippen molar-refractivity contribution in [2.45, 2.75) is 64.7 Å². The Labute approximate surface area is 191 Å². The molecule has 0 aliphatic heterocycles. The van der Waals surface area contributed by atoms with Crippen molar-refractivity contribution < 1.29 is 14.3 Å². The molecule has 0 fully saturated rings. The van der Waals surface area contributed by atoms with Gasteiger partial charge >= 0.3 is 5.97 Å². The maximum absolute atomic E-state index is 11.6. The van der Waals surface area contributed by atoms with Gasteiger partial charge in [-0.1, -0.05) is 75.9 Å². The minimum Gasteiger partial charge on any atom is -0.426 e. The SMILES string of the molecule is C=CCc1cc(C(C)(C)c2ccc(SC(C)=O)c(CC=C)c2)ccc1OC(C)=O.CC. The zero-order valence-corrected chi connectivity index (χ0v) is 20.4. The summed E-state index contributed by atoms with van der Waals surface area (Å²) < 4.78 is 5.34. The van der Waals surface area contributed by atoms with Crippen LogP contribution in [0, 0.1) is 0 Å². The third-order valence-corrected chi connectivity index (χ3v) is 5.71. The van der Waals surface area contributed by atoms with Crippen LogP contribution in [0.4, 0.5) is 0 Å². The second-order valence-corrected chi connectivity index (χ2v) is 8.66. The Morgan fingerprint density at radius 3 is 1.97 bits per heavy atom. The van der Waals surface area contributed by atoms with E-state index in [-0.39, 0.29) is 16.5 Å². The van der Waals surface area contributed by atoms with E-state index in [4.69, 9.17) is 4.74 Å². The van der Waals surface area contributed by atoms with Gasteiger partial charge in [0, 0.05) is 24.2 Å². The molecular weight excluding hydrogens is 404 g/mol. The molecule has 0 radical (unpaired) electrons. The zero-order chi connectivity index (χ0) is 23.6. The zero-order valence-electron chi connectivity index (χ0n) is 19.6. The van der Waals surface area contributed by atoms with E-state index in [0.717, 1.165) is 27.1 Å². The van der Waals surface area contributed by atoms with Crippen molar-refractivity contribution in [3.8, 4) is 5.75 Å². The van der Waals surface area contributed by atoms with Gasteiger partial charge in [-0.25, -0.2) is 0 Å². The summed E-state index contributed by atoms with van der Waals surface area (Å²) in [5.41, 5.74) is 4.00. The standard InChI is InChI=1S/C25H28O3S.C2H6/c1-7-9-19-15-21(11-13-23(19)28-17(3)26)25(5,6)22-12-14-24(29-18(4)27)20(16-22)10-8-2;1-2/h7-8,11-16H,1-2,9-10H2,3-6H3;1-2H3. The van der Waals surface area contributed by atoms with E-state index >= 15 is 0 Å². The number of hydrogen-bond donors (Lipinski definition) is 0. The van der Waals surface area contributed by atoms with Gasteiger partial charge < -0.3 is 4.74 Å². The molecule has 0 aromatic heterocycles. The maximum atomic E-state index is 11.6. The van der Waals surface area contributed by atoms with Gasteiger partial charge in [0.05, 0.1) is 0 Å². The van der Waals surface area contributed by atoms with Crippen LogP contribution in [-0.2, 0) is 27.8 Å². The smallest absolute Gasteiger partial charge is 0.308 e. The molecule has 0 atom stereocenters. The van der Waals surface area contributed by atoms with Crippen LogP contribution in [0.3, 0.4) is 0 Å². The van der Waals surface area contributed by atoms with E-state index in [1.54, 1.807) is 13.0 Å². The van der Waals surface area contributed by atoms with Crippen molar-refractivity contribution in [2.75, 3.05) is 0 Å². The fraction of sp³-hybridized carbons (Fsp3) is 0.333. The molecule has 2 rings (SSSR count). The largest absolute Gasteiger partial charge is 0.426 e. The molecule has 0 saturated heterocycles. The second kappa shape index (κ2) is 12.3. The van der Waals surface area contributed by atoms with E-state index in [0.29, 0.717) is 18.6 Å². The summed E-state index contributed by atoms with van der Waals surface area (Å²) in [7, 11) is 0. The molecular formula is C27H34O3S. The minimum atomic E-state index is -0.338. The van der Waals surface area contributed by atoms with E-state index < -0.39 is 0 Å². The third kappa shape index (κ3) is 7.25. The molecule has 0 amide bonds. The Morgan fingerprint density at radius 1 is 0.935 bits per heavy atom. The molecule has 0 aliphatic rings. The number of esters is 1. The van der Waals surface area contributed by atoms with Crippen LogP contribution in [0.2, 0.25) is 0 Å². The van der Waals surface area contributed by atoms with Crippen LogP contribution in [0.15, 0.2) is 66.6 Å². The average molecular weight is 439 g/mol. The van der Waals surface area contributed by atoms with Crippen LogP contribution >= 0.6 is 11.8 Å². The molecule has 0 N–H and O–H groups in total. The van der Waals surface area contributed by atoms with Crippen molar-refractivity contribution in [3.63, 3.8) is 0 Å². The predicted octanol–water partition coefficient (Wildman–Crippen LogP) is 7.06. The lowest BCUT2D eigenvalue weighted by Crippen LogP contribution is -2.20. The van der Waals surface area contributed by atoms with E-state index in [1.165, 1.54) is 18.7 Å². The number of carbonyl (C=O) groups excluding carboxylic acids is 2. The Morgan fingerprint density at radius 2 is 1.45 bits per heavy atom. The van der Waals surface area contributed by atoms with Gasteiger partial charge in [-0.2, -0.15) is 0 Å². The average Bonchev–Trinajstić information content (AvgIpc) is 2.71. The molecule has 0 unspecified atom stereocenters. The molecule has 2 aromatic carbocycles. The number of carbonyl (C=O) groups is 2. The molecule has 2 aromatic rings. The summed E-state index contributed by atoms with van der Waals surface area (Å²) in [5, 5.41) is 0.0671. The molecule has 0 aliphatic carbocycles. The number of allylic oxidation sites excluding steroid dienone is 2. The molecule has 3 nitrogen and oxygen atoms in total. The fourth-order valence-electron chi connectivity index (χ4n) is 3.24. The highest BCUT2D eigenvalue weighted by atomic mass is 32.2. The van der Waals surface area contributed by atoms with Crippen LogP contribution in [0.25, 0.3) is 0 Å². The summed E-state index contributed by atoms with van der Waals surface area (Å²) in [6, 6.07) is 12.2. The predicted molar refractivity (Wildman–Crippen MR) is 132 cm³/mol. The summed E-state index contributed by atoms with van der Waals surface area (Å²) >= 11 is 1.25. The Balaban J connectivity index is 0.00000233. The molecule has 166 valence electrons. The van der Waals surface area contributed by atoms with Gasteiger partial charge in [0.1, 0.15) is 5.75 Å². The number of hydrogen-bond acceptors (Lipinski definition) is 4. The Bertz CT molecular complexity index is 866.